The maximum absolute atomic E-state index is 2.46. The largest absolute Gasteiger partial charge is 2.00 e. The zero-order valence-electron chi connectivity index (χ0n) is 18.2. The first kappa shape index (κ1) is 24.2. The molecule has 0 radical (unpaired) electrons. The van der Waals surface area contributed by atoms with Crippen LogP contribution in [0.15, 0.2) is 84.9 Å². The van der Waals surface area contributed by atoms with E-state index in [1.54, 1.807) is 22.3 Å². The van der Waals surface area contributed by atoms with E-state index in [1.165, 1.54) is 43.1 Å². The van der Waals surface area contributed by atoms with Gasteiger partial charge in [0, 0.05) is 0 Å². The summed E-state index contributed by atoms with van der Waals surface area (Å²) in [5, 5.41) is 11.3. The molecule has 0 aliphatic heterocycles. The van der Waals surface area contributed by atoms with Gasteiger partial charge < -0.3 is 0 Å². The predicted molar refractivity (Wildman–Crippen MR) is 143 cm³/mol. The van der Waals surface area contributed by atoms with Crippen LogP contribution in [0.5, 0.6) is 0 Å². The summed E-state index contributed by atoms with van der Waals surface area (Å²) in [4.78, 5) is 0. The number of fused-ring (bicyclic) bond motifs is 10. The second-order valence-electron chi connectivity index (χ2n) is 8.80. The Morgan fingerprint density at radius 3 is 1.36 bits per heavy atom. The summed E-state index contributed by atoms with van der Waals surface area (Å²) in [6.45, 7) is 0. The van der Waals surface area contributed by atoms with Crippen molar-refractivity contribution in [3.63, 3.8) is 0 Å². The minimum absolute atomic E-state index is 0. The second-order valence-corrected chi connectivity index (χ2v) is 8.80. The third-order valence-corrected chi connectivity index (χ3v) is 7.25. The zero-order valence-corrected chi connectivity index (χ0v) is 22.3. The van der Waals surface area contributed by atoms with Crippen molar-refractivity contribution in [3.05, 3.63) is 107 Å². The Labute approximate surface area is 225 Å². The molecule has 0 unspecified atom stereocenters. The van der Waals surface area contributed by atoms with Crippen LogP contribution in [0.4, 0.5) is 0 Å². The summed E-state index contributed by atoms with van der Waals surface area (Å²) < 4.78 is 0. The maximum Gasteiger partial charge on any atom is 2.00 e. The van der Waals surface area contributed by atoms with Crippen LogP contribution < -0.4 is 0 Å². The molecule has 3 heteroatoms. The smallest absolute Gasteiger partial charge is 0.150 e. The monoisotopic (exact) mass is 544 g/mol. The van der Waals surface area contributed by atoms with Crippen molar-refractivity contribution in [1.82, 2.24) is 0 Å². The van der Waals surface area contributed by atoms with Crippen LogP contribution in [0, 0.1) is 0 Å². The van der Waals surface area contributed by atoms with E-state index in [9.17, 15) is 0 Å². The summed E-state index contributed by atoms with van der Waals surface area (Å²) in [5.74, 6) is 0. The van der Waals surface area contributed by atoms with Crippen molar-refractivity contribution >= 4 is 67.9 Å². The molecule has 0 heterocycles. The van der Waals surface area contributed by atoms with Gasteiger partial charge in [0.05, 0.1) is 0 Å². The first-order valence-electron chi connectivity index (χ1n) is 11.0. The van der Waals surface area contributed by atoms with Crippen LogP contribution in [-0.4, -0.2) is 0 Å². The van der Waals surface area contributed by atoms with Crippen LogP contribution in [0.3, 0.4) is 0 Å². The van der Waals surface area contributed by atoms with Gasteiger partial charge in [0.1, 0.15) is 0 Å². The molecule has 0 aromatic heterocycles. The van der Waals surface area contributed by atoms with Gasteiger partial charge in [0.25, 0.3) is 0 Å². The van der Waals surface area contributed by atoms with Gasteiger partial charge in [0.2, 0.25) is 0 Å². The molecule has 162 valence electrons. The molecule has 0 fully saturated rings. The Bertz CT molecular complexity index is 1480. The molecule has 33 heavy (non-hydrogen) atoms. The SMILES string of the molecule is Cl.Cl.[Zr+2].c1ccc2c(c1)ccc1[cH-]c3c(c12)CCc1c([cH-]c2ccc4ccccc4c12)CC3. The Morgan fingerprint density at radius 2 is 0.909 bits per heavy atom. The van der Waals surface area contributed by atoms with Gasteiger partial charge in [-0.05, 0) is 23.6 Å². The number of benzene rings is 4. The topological polar surface area (TPSA) is 0 Å². The summed E-state index contributed by atoms with van der Waals surface area (Å²) in [6.07, 6.45) is 4.53. The second kappa shape index (κ2) is 9.38. The number of hydrogen-bond acceptors (Lipinski definition) is 0. The average molecular weight is 547 g/mol. The molecule has 1 aliphatic rings. The van der Waals surface area contributed by atoms with Crippen molar-refractivity contribution in [2.24, 2.45) is 0 Å². The van der Waals surface area contributed by atoms with E-state index in [0.29, 0.717) is 0 Å². The molecular weight excluding hydrogens is 522 g/mol. The molecule has 0 saturated carbocycles. The number of halogens is 2. The molecule has 6 aromatic rings. The fraction of sp³-hybridized carbons (Fsp3) is 0.133. The molecule has 0 atom stereocenters. The van der Waals surface area contributed by atoms with Crippen LogP contribution in [0.25, 0.3) is 43.1 Å². The molecule has 7 rings (SSSR count). The fourth-order valence-electron chi connectivity index (χ4n) is 5.90. The van der Waals surface area contributed by atoms with Gasteiger partial charge >= 0.3 is 26.2 Å². The maximum atomic E-state index is 2.46. The van der Waals surface area contributed by atoms with Crippen molar-refractivity contribution < 1.29 is 26.2 Å². The summed E-state index contributed by atoms with van der Waals surface area (Å²) in [5.41, 5.74) is 6.29. The van der Waals surface area contributed by atoms with E-state index in [0.717, 1.165) is 25.7 Å². The van der Waals surface area contributed by atoms with Crippen molar-refractivity contribution in [2.75, 3.05) is 0 Å². The molecule has 6 aromatic carbocycles. The molecule has 0 bridgehead atoms. The van der Waals surface area contributed by atoms with Crippen LogP contribution >= 0.6 is 24.8 Å². The Balaban J connectivity index is 0.000000864. The van der Waals surface area contributed by atoms with E-state index in [1.807, 2.05) is 0 Å². The van der Waals surface area contributed by atoms with Crippen molar-refractivity contribution in [3.8, 4) is 0 Å². The first-order valence-corrected chi connectivity index (χ1v) is 11.0. The van der Waals surface area contributed by atoms with Crippen molar-refractivity contribution in [2.45, 2.75) is 25.7 Å². The van der Waals surface area contributed by atoms with E-state index < -0.39 is 0 Å². The third kappa shape index (κ3) is 3.70. The average Bonchev–Trinajstić information content (AvgIpc) is 3.32. The standard InChI is InChI=1S/C30H22.2ClH.Zr/c1-3-7-25-19(5-1)9-13-23-17-21-11-12-22-18-24-14-10-20-6-2-4-8-26(20)30(24)28(22)16-15-27(21)29(23)25;;;/h1-10,13-14,17-18H,11-12,15-16H2;2*1H;/q-2;;;+2. The van der Waals surface area contributed by atoms with Gasteiger partial charge in [-0.1, -0.05) is 84.3 Å². The molecule has 0 amide bonds. The number of rotatable bonds is 0. The zero-order chi connectivity index (χ0) is 19.7. The Hall–Kier alpha value is -1.92. The van der Waals surface area contributed by atoms with Gasteiger partial charge in [-0.3, -0.25) is 0 Å². The summed E-state index contributed by atoms with van der Waals surface area (Å²) in [6, 6.07) is 31.8. The fourth-order valence-corrected chi connectivity index (χ4v) is 5.90. The van der Waals surface area contributed by atoms with E-state index in [2.05, 4.69) is 84.9 Å². The molecule has 0 saturated heterocycles. The normalized spacial score (nSPS) is 12.8. The number of aryl methyl sites for hydroxylation is 4. The summed E-state index contributed by atoms with van der Waals surface area (Å²) >= 11 is 0. The predicted octanol–water partition coefficient (Wildman–Crippen LogP) is 8.46. The van der Waals surface area contributed by atoms with Crippen LogP contribution in [0.2, 0.25) is 0 Å². The minimum atomic E-state index is 0. The van der Waals surface area contributed by atoms with Gasteiger partial charge in [-0.2, -0.15) is 11.1 Å². The molecule has 0 N–H and O–H groups in total. The van der Waals surface area contributed by atoms with Crippen LogP contribution in [-0.2, 0) is 51.9 Å². The Morgan fingerprint density at radius 1 is 0.485 bits per heavy atom. The first-order chi connectivity index (χ1) is 14.9. The third-order valence-electron chi connectivity index (χ3n) is 7.25. The van der Waals surface area contributed by atoms with Crippen LogP contribution in [0.1, 0.15) is 22.3 Å². The molecule has 1 aliphatic carbocycles. The van der Waals surface area contributed by atoms with Gasteiger partial charge in [0.15, 0.2) is 0 Å². The van der Waals surface area contributed by atoms with Crippen molar-refractivity contribution in [1.29, 1.82) is 0 Å². The number of hydrogen-bond donors (Lipinski definition) is 0. The van der Waals surface area contributed by atoms with E-state index in [4.69, 9.17) is 0 Å². The molecule has 0 spiro atoms. The van der Waals surface area contributed by atoms with E-state index >= 15 is 0 Å². The van der Waals surface area contributed by atoms with Gasteiger partial charge in [-0.15, -0.1) is 81.8 Å². The minimum Gasteiger partial charge on any atom is -0.150 e. The summed E-state index contributed by atoms with van der Waals surface area (Å²) in [7, 11) is 0. The molecular formula is C30H24Cl2Zr. The molecule has 0 nitrogen and oxygen atoms in total. The Kier molecular flexibility index (Phi) is 6.88. The van der Waals surface area contributed by atoms with E-state index in [-0.39, 0.29) is 51.0 Å². The van der Waals surface area contributed by atoms with Gasteiger partial charge in [-0.25, -0.2) is 0 Å². The quantitative estimate of drug-likeness (QED) is 0.168.